The highest BCUT2D eigenvalue weighted by atomic mass is 32.1. The monoisotopic (exact) mass is 464 g/mol. The summed E-state index contributed by atoms with van der Waals surface area (Å²) < 4.78 is 5.78. The van der Waals surface area contributed by atoms with Crippen molar-refractivity contribution in [2.75, 3.05) is 5.32 Å². The molecule has 0 unspecified atom stereocenters. The van der Waals surface area contributed by atoms with E-state index in [0.717, 1.165) is 11.3 Å². The van der Waals surface area contributed by atoms with Crippen molar-refractivity contribution in [3.8, 4) is 5.75 Å². The Morgan fingerprint density at radius 1 is 1.00 bits per heavy atom. The van der Waals surface area contributed by atoms with Gasteiger partial charge in [-0.2, -0.15) is 0 Å². The molecule has 0 aliphatic carbocycles. The van der Waals surface area contributed by atoms with Gasteiger partial charge in [0.15, 0.2) is 5.13 Å². The molecule has 2 N–H and O–H groups in total. The highest BCUT2D eigenvalue weighted by Gasteiger charge is 2.12. The summed E-state index contributed by atoms with van der Waals surface area (Å²) in [6.07, 6.45) is 1.87. The third-order valence-corrected chi connectivity index (χ3v) is 6.04. The van der Waals surface area contributed by atoms with Crippen LogP contribution in [0.5, 0.6) is 5.75 Å². The first-order chi connectivity index (χ1) is 15.7. The first-order valence-corrected chi connectivity index (χ1v) is 11.6. The van der Waals surface area contributed by atoms with Crippen molar-refractivity contribution in [1.82, 2.24) is 15.3 Å². The predicted molar refractivity (Wildman–Crippen MR) is 125 cm³/mol. The molecule has 0 fully saturated rings. The maximum absolute atomic E-state index is 12.3. The maximum atomic E-state index is 12.3. The zero-order chi connectivity index (χ0) is 22.2. The summed E-state index contributed by atoms with van der Waals surface area (Å²) in [6.45, 7) is 0.761. The van der Waals surface area contributed by atoms with E-state index in [4.69, 9.17) is 4.74 Å². The molecule has 162 valence electrons. The van der Waals surface area contributed by atoms with Crippen molar-refractivity contribution < 1.29 is 14.3 Å². The molecule has 0 spiro atoms. The van der Waals surface area contributed by atoms with Crippen LogP contribution in [0.25, 0.3) is 0 Å². The van der Waals surface area contributed by atoms with Crippen LogP contribution in [0.1, 0.15) is 26.6 Å². The van der Waals surface area contributed by atoms with Crippen LogP contribution in [0.4, 0.5) is 5.13 Å². The number of hydrogen-bond donors (Lipinski definition) is 2. The van der Waals surface area contributed by atoms with Gasteiger partial charge in [-0.3, -0.25) is 19.9 Å². The third kappa shape index (κ3) is 6.22. The number of nitrogens with one attached hydrogen (secondary N) is 2. The Morgan fingerprint density at radius 3 is 2.75 bits per heavy atom. The number of hydrogen-bond acceptors (Lipinski definition) is 7. The third-order valence-electron chi connectivity index (χ3n) is 4.36. The molecule has 0 aliphatic rings. The van der Waals surface area contributed by atoms with Gasteiger partial charge in [-0.25, -0.2) is 4.98 Å². The van der Waals surface area contributed by atoms with Crippen LogP contribution in [0.2, 0.25) is 0 Å². The number of thiophene rings is 1. The molecule has 7 nitrogen and oxygen atoms in total. The van der Waals surface area contributed by atoms with Crippen LogP contribution in [-0.4, -0.2) is 21.8 Å². The molecule has 0 radical (unpaired) electrons. The molecule has 0 atom stereocenters. The lowest BCUT2D eigenvalue weighted by molar-refractivity contribution is -0.120. The zero-order valence-electron chi connectivity index (χ0n) is 17.0. The number of ether oxygens (including phenoxy) is 1. The molecule has 2 amide bonds. The Balaban J connectivity index is 1.24. The van der Waals surface area contributed by atoms with E-state index >= 15 is 0 Å². The van der Waals surface area contributed by atoms with Crippen LogP contribution in [0, 0.1) is 0 Å². The van der Waals surface area contributed by atoms with Crippen molar-refractivity contribution in [2.24, 2.45) is 0 Å². The molecule has 4 rings (SSSR count). The van der Waals surface area contributed by atoms with Gasteiger partial charge in [0.05, 0.1) is 22.7 Å². The van der Waals surface area contributed by atoms with E-state index in [9.17, 15) is 9.59 Å². The molecule has 0 bridgehead atoms. The number of benzene rings is 1. The Hall–Kier alpha value is -3.56. The number of amides is 2. The van der Waals surface area contributed by atoms with Gasteiger partial charge in [0.25, 0.3) is 5.91 Å². The topological polar surface area (TPSA) is 93.2 Å². The van der Waals surface area contributed by atoms with Crippen LogP contribution in [0.3, 0.4) is 0 Å². The van der Waals surface area contributed by atoms with Gasteiger partial charge >= 0.3 is 0 Å². The van der Waals surface area contributed by atoms with Crippen molar-refractivity contribution in [2.45, 2.75) is 19.6 Å². The molecular weight excluding hydrogens is 444 g/mol. The lowest BCUT2D eigenvalue weighted by atomic mass is 10.2. The maximum Gasteiger partial charge on any atom is 0.267 e. The highest BCUT2D eigenvalue weighted by molar-refractivity contribution is 7.14. The van der Waals surface area contributed by atoms with Crippen molar-refractivity contribution in [3.63, 3.8) is 0 Å². The number of carbonyl (C=O) groups is 2. The summed E-state index contributed by atoms with van der Waals surface area (Å²) >= 11 is 2.66. The van der Waals surface area contributed by atoms with Gasteiger partial charge < -0.3 is 10.1 Å². The Labute approximate surface area is 193 Å². The summed E-state index contributed by atoms with van der Waals surface area (Å²) in [4.78, 5) is 33.6. The Bertz CT molecular complexity index is 1180. The minimum Gasteiger partial charge on any atom is -0.487 e. The zero-order valence-corrected chi connectivity index (χ0v) is 18.6. The highest BCUT2D eigenvalue weighted by Crippen LogP contribution is 2.19. The van der Waals surface area contributed by atoms with Crippen molar-refractivity contribution in [3.05, 3.63) is 93.4 Å². The molecule has 3 aromatic heterocycles. The van der Waals surface area contributed by atoms with Gasteiger partial charge in [-0.05, 0) is 41.3 Å². The lowest BCUT2D eigenvalue weighted by Gasteiger charge is -2.09. The summed E-state index contributed by atoms with van der Waals surface area (Å²) in [5.74, 6) is 0.370. The number of pyridine rings is 1. The second kappa shape index (κ2) is 10.7. The van der Waals surface area contributed by atoms with Crippen molar-refractivity contribution >= 4 is 39.6 Å². The number of carbonyl (C=O) groups excluding carboxylic acids is 2. The van der Waals surface area contributed by atoms with Crippen LogP contribution >= 0.6 is 22.7 Å². The quantitative estimate of drug-likeness (QED) is 0.385. The molecule has 32 heavy (non-hydrogen) atoms. The van der Waals surface area contributed by atoms with Crippen LogP contribution in [-0.2, 0) is 24.4 Å². The van der Waals surface area contributed by atoms with E-state index in [1.54, 1.807) is 17.6 Å². The SMILES string of the molecule is O=C(Cc1csc(NC(=O)c2cccs2)n1)NCc1cccc(OCc2ccccn2)c1. The number of anilines is 1. The normalized spacial score (nSPS) is 10.5. The average molecular weight is 465 g/mol. The fourth-order valence-corrected chi connectivity index (χ4v) is 4.15. The summed E-state index contributed by atoms with van der Waals surface area (Å²) in [7, 11) is 0. The minimum absolute atomic E-state index is 0.140. The Morgan fingerprint density at radius 2 is 1.94 bits per heavy atom. The van der Waals surface area contributed by atoms with Gasteiger partial charge in [0.1, 0.15) is 12.4 Å². The van der Waals surface area contributed by atoms with Crippen LogP contribution in [0.15, 0.2) is 71.6 Å². The van der Waals surface area contributed by atoms with Gasteiger partial charge in [-0.1, -0.05) is 24.3 Å². The van der Waals surface area contributed by atoms with E-state index in [1.165, 1.54) is 22.7 Å². The fraction of sp³-hybridized carbons (Fsp3) is 0.130. The van der Waals surface area contributed by atoms with E-state index in [-0.39, 0.29) is 18.2 Å². The summed E-state index contributed by atoms with van der Waals surface area (Å²) in [5, 5.41) is 9.74. The lowest BCUT2D eigenvalue weighted by Crippen LogP contribution is -2.24. The molecular formula is C23H20N4O3S2. The van der Waals surface area contributed by atoms with Gasteiger partial charge in [0, 0.05) is 18.1 Å². The fourth-order valence-electron chi connectivity index (χ4n) is 2.83. The van der Waals surface area contributed by atoms with Crippen molar-refractivity contribution in [1.29, 1.82) is 0 Å². The van der Waals surface area contributed by atoms with E-state index in [1.807, 2.05) is 53.9 Å². The number of rotatable bonds is 9. The molecule has 9 heteroatoms. The smallest absolute Gasteiger partial charge is 0.267 e. The second-order valence-electron chi connectivity index (χ2n) is 6.79. The minimum atomic E-state index is -0.199. The number of nitrogens with zero attached hydrogens (tertiary/aromatic N) is 2. The average Bonchev–Trinajstić information content (AvgIpc) is 3.50. The number of aromatic nitrogens is 2. The standard InChI is InChI=1S/C23H20N4O3S2/c28-21(12-18-15-32-23(26-18)27-22(29)20-8-4-10-31-20)25-13-16-5-3-7-19(11-16)30-14-17-6-1-2-9-24-17/h1-11,15H,12-14H2,(H,25,28)(H,26,27,29). The van der Waals surface area contributed by atoms with E-state index in [0.29, 0.717) is 34.6 Å². The first-order valence-electron chi connectivity index (χ1n) is 9.83. The van der Waals surface area contributed by atoms with Gasteiger partial charge in [0.2, 0.25) is 5.91 Å². The molecule has 1 aromatic carbocycles. The number of thiazole rings is 1. The molecule has 0 aliphatic heterocycles. The largest absolute Gasteiger partial charge is 0.487 e. The summed E-state index contributed by atoms with van der Waals surface area (Å²) in [6, 6.07) is 16.8. The molecule has 0 saturated heterocycles. The predicted octanol–water partition coefficient (Wildman–Crippen LogP) is 4.29. The molecule has 0 saturated carbocycles. The van der Waals surface area contributed by atoms with E-state index in [2.05, 4.69) is 20.6 Å². The van der Waals surface area contributed by atoms with E-state index < -0.39 is 0 Å². The Kier molecular flexibility index (Phi) is 7.21. The first kappa shape index (κ1) is 21.7. The second-order valence-corrected chi connectivity index (χ2v) is 8.59. The van der Waals surface area contributed by atoms with Crippen LogP contribution < -0.4 is 15.4 Å². The molecule has 3 heterocycles. The summed E-state index contributed by atoms with van der Waals surface area (Å²) in [5.41, 5.74) is 2.39. The molecule has 4 aromatic rings. The van der Waals surface area contributed by atoms with Gasteiger partial charge in [-0.15, -0.1) is 22.7 Å².